The molecule has 3 N–H and O–H groups in total. The normalized spacial score (nSPS) is 12.8. The smallest absolute Gasteiger partial charge is 0.251 e. The number of benzene rings is 2. The van der Waals surface area contributed by atoms with Crippen LogP contribution in [0.25, 0.3) is 11.1 Å². The Morgan fingerprint density at radius 1 is 1.09 bits per heavy atom. The summed E-state index contributed by atoms with van der Waals surface area (Å²) in [6.07, 6.45) is 2.03. The molecule has 2 aromatic rings. The highest BCUT2D eigenvalue weighted by Gasteiger charge is 2.18. The second-order valence-corrected chi connectivity index (χ2v) is 5.57. The van der Waals surface area contributed by atoms with E-state index in [0.717, 1.165) is 35.1 Å². The Bertz CT molecular complexity index is 720. The molecular formula is C18H18N2O2. The van der Waals surface area contributed by atoms with Crippen LogP contribution < -0.4 is 11.1 Å². The van der Waals surface area contributed by atoms with Crippen molar-refractivity contribution < 1.29 is 9.59 Å². The molecule has 0 aliphatic carbocycles. The van der Waals surface area contributed by atoms with Gasteiger partial charge in [-0.05, 0) is 41.2 Å². The molecule has 0 unspecified atom stereocenters. The molecule has 0 saturated carbocycles. The number of aryl methyl sites for hydroxylation is 1. The van der Waals surface area contributed by atoms with Gasteiger partial charge in [0, 0.05) is 18.5 Å². The van der Waals surface area contributed by atoms with Gasteiger partial charge in [0.25, 0.3) is 5.91 Å². The summed E-state index contributed by atoms with van der Waals surface area (Å²) in [5, 5.41) is 2.83. The van der Waals surface area contributed by atoms with Gasteiger partial charge in [0.05, 0.1) is 0 Å². The highest BCUT2D eigenvalue weighted by atomic mass is 16.2. The molecular weight excluding hydrogens is 276 g/mol. The van der Waals surface area contributed by atoms with Crippen molar-refractivity contribution in [2.24, 2.45) is 5.73 Å². The van der Waals surface area contributed by atoms with E-state index in [2.05, 4.69) is 17.4 Å². The van der Waals surface area contributed by atoms with Gasteiger partial charge in [-0.25, -0.2) is 0 Å². The van der Waals surface area contributed by atoms with Crippen LogP contribution >= 0.6 is 0 Å². The van der Waals surface area contributed by atoms with Crippen molar-refractivity contribution in [3.63, 3.8) is 0 Å². The molecule has 112 valence electrons. The predicted molar refractivity (Wildman–Crippen MR) is 85.2 cm³/mol. The fourth-order valence-corrected chi connectivity index (χ4v) is 2.72. The minimum atomic E-state index is -0.256. The Kier molecular flexibility index (Phi) is 3.92. The van der Waals surface area contributed by atoms with Gasteiger partial charge in [-0.3, -0.25) is 9.59 Å². The largest absolute Gasteiger partial charge is 0.370 e. The molecule has 0 bridgehead atoms. The van der Waals surface area contributed by atoms with Crippen LogP contribution in [-0.4, -0.2) is 11.8 Å². The third kappa shape index (κ3) is 3.01. The summed E-state index contributed by atoms with van der Waals surface area (Å²) in [5.41, 5.74) is 10.3. The van der Waals surface area contributed by atoms with E-state index < -0.39 is 0 Å². The summed E-state index contributed by atoms with van der Waals surface area (Å²) in [6, 6.07) is 14.2. The molecule has 0 radical (unpaired) electrons. The molecule has 0 saturated heterocycles. The Balaban J connectivity index is 1.74. The molecule has 22 heavy (non-hydrogen) atoms. The predicted octanol–water partition coefficient (Wildman–Crippen LogP) is 2.41. The average Bonchev–Trinajstić information content (AvgIpc) is 2.89. The summed E-state index contributed by atoms with van der Waals surface area (Å²) >= 11 is 0. The van der Waals surface area contributed by atoms with Crippen LogP contribution in [0.2, 0.25) is 0 Å². The van der Waals surface area contributed by atoms with E-state index in [4.69, 9.17) is 5.73 Å². The van der Waals surface area contributed by atoms with Gasteiger partial charge in [0.1, 0.15) is 0 Å². The van der Waals surface area contributed by atoms with Gasteiger partial charge in [-0.2, -0.15) is 0 Å². The summed E-state index contributed by atoms with van der Waals surface area (Å²) in [6.45, 7) is 0.618. The first kappa shape index (κ1) is 14.3. The molecule has 4 nitrogen and oxygen atoms in total. The number of fused-ring (bicyclic) bond motifs is 1. The number of nitrogens with one attached hydrogen (secondary N) is 1. The second-order valence-electron chi connectivity index (χ2n) is 5.57. The van der Waals surface area contributed by atoms with Crippen molar-refractivity contribution in [3.8, 4) is 11.1 Å². The van der Waals surface area contributed by atoms with Crippen LogP contribution in [0.1, 0.15) is 34.3 Å². The van der Waals surface area contributed by atoms with E-state index in [1.807, 2.05) is 30.3 Å². The summed E-state index contributed by atoms with van der Waals surface area (Å²) in [4.78, 5) is 22.5. The van der Waals surface area contributed by atoms with E-state index >= 15 is 0 Å². The SMILES string of the molecule is NC(=O)CCCc1ccc(-c2ccc3c(c2)C(=O)NC3)cc1. The van der Waals surface area contributed by atoms with Crippen LogP contribution in [0.5, 0.6) is 0 Å². The Morgan fingerprint density at radius 3 is 2.55 bits per heavy atom. The minimum Gasteiger partial charge on any atom is -0.370 e. The van der Waals surface area contributed by atoms with E-state index in [-0.39, 0.29) is 11.8 Å². The van der Waals surface area contributed by atoms with E-state index in [1.165, 1.54) is 5.56 Å². The number of hydrogen-bond donors (Lipinski definition) is 2. The zero-order valence-corrected chi connectivity index (χ0v) is 12.3. The van der Waals surface area contributed by atoms with Crippen molar-refractivity contribution in [2.45, 2.75) is 25.8 Å². The molecule has 0 aromatic heterocycles. The van der Waals surface area contributed by atoms with Crippen molar-refractivity contribution >= 4 is 11.8 Å². The number of hydrogen-bond acceptors (Lipinski definition) is 2. The summed E-state index contributed by atoms with van der Waals surface area (Å²) in [5.74, 6) is -0.257. The molecule has 2 aromatic carbocycles. The molecule has 1 aliphatic heterocycles. The maximum atomic E-state index is 11.7. The molecule has 4 heteroatoms. The molecule has 2 amide bonds. The quantitative estimate of drug-likeness (QED) is 0.888. The highest BCUT2D eigenvalue weighted by molar-refractivity contribution is 5.99. The molecule has 1 aliphatic rings. The fourth-order valence-electron chi connectivity index (χ4n) is 2.72. The molecule has 0 spiro atoms. The number of carbonyl (C=O) groups is 2. The van der Waals surface area contributed by atoms with Crippen LogP contribution in [0, 0.1) is 0 Å². The number of nitrogens with two attached hydrogens (primary N) is 1. The standard InChI is InChI=1S/C18H18N2O2/c19-17(21)3-1-2-12-4-6-13(7-5-12)14-8-9-15-11-20-18(22)16(15)10-14/h4-10H,1-3,11H2,(H2,19,21)(H,20,22). The van der Waals surface area contributed by atoms with Gasteiger partial charge in [0.2, 0.25) is 5.91 Å². The molecule has 0 fully saturated rings. The number of primary amides is 1. The lowest BCUT2D eigenvalue weighted by molar-refractivity contribution is -0.118. The van der Waals surface area contributed by atoms with Gasteiger partial charge < -0.3 is 11.1 Å². The number of carbonyl (C=O) groups excluding carboxylic acids is 2. The zero-order chi connectivity index (χ0) is 15.5. The Hall–Kier alpha value is -2.62. The maximum Gasteiger partial charge on any atom is 0.251 e. The molecule has 1 heterocycles. The lowest BCUT2D eigenvalue weighted by atomic mass is 9.98. The van der Waals surface area contributed by atoms with Crippen molar-refractivity contribution in [1.29, 1.82) is 0 Å². The van der Waals surface area contributed by atoms with Gasteiger partial charge >= 0.3 is 0 Å². The van der Waals surface area contributed by atoms with Gasteiger partial charge in [-0.1, -0.05) is 36.4 Å². The van der Waals surface area contributed by atoms with Crippen molar-refractivity contribution in [2.75, 3.05) is 0 Å². The molecule has 0 atom stereocenters. The lowest BCUT2D eigenvalue weighted by Crippen LogP contribution is -2.12. The summed E-state index contributed by atoms with van der Waals surface area (Å²) in [7, 11) is 0. The van der Waals surface area contributed by atoms with Crippen LogP contribution in [0.15, 0.2) is 42.5 Å². The van der Waals surface area contributed by atoms with Crippen molar-refractivity contribution in [3.05, 3.63) is 59.2 Å². The van der Waals surface area contributed by atoms with E-state index in [9.17, 15) is 9.59 Å². The topological polar surface area (TPSA) is 72.2 Å². The van der Waals surface area contributed by atoms with Crippen LogP contribution in [0.4, 0.5) is 0 Å². The van der Waals surface area contributed by atoms with Crippen LogP contribution in [-0.2, 0) is 17.8 Å². The third-order valence-corrected chi connectivity index (χ3v) is 3.97. The highest BCUT2D eigenvalue weighted by Crippen LogP contribution is 2.25. The minimum absolute atomic E-state index is 0.0000723. The van der Waals surface area contributed by atoms with Gasteiger partial charge in [0.15, 0.2) is 0 Å². The second kappa shape index (κ2) is 6.02. The first-order valence-corrected chi connectivity index (χ1v) is 7.42. The van der Waals surface area contributed by atoms with E-state index in [0.29, 0.717) is 13.0 Å². The van der Waals surface area contributed by atoms with Crippen LogP contribution in [0.3, 0.4) is 0 Å². The number of amides is 2. The fraction of sp³-hybridized carbons (Fsp3) is 0.222. The third-order valence-electron chi connectivity index (χ3n) is 3.97. The first-order valence-electron chi connectivity index (χ1n) is 7.42. The summed E-state index contributed by atoms with van der Waals surface area (Å²) < 4.78 is 0. The number of rotatable bonds is 5. The van der Waals surface area contributed by atoms with Crippen molar-refractivity contribution in [1.82, 2.24) is 5.32 Å². The van der Waals surface area contributed by atoms with E-state index in [1.54, 1.807) is 0 Å². The molecule has 3 rings (SSSR count). The zero-order valence-electron chi connectivity index (χ0n) is 12.3. The first-order chi connectivity index (χ1) is 10.6. The lowest BCUT2D eigenvalue weighted by Gasteiger charge is -2.06. The maximum absolute atomic E-state index is 11.7. The Morgan fingerprint density at radius 2 is 1.82 bits per heavy atom. The average molecular weight is 294 g/mol. The monoisotopic (exact) mass is 294 g/mol. The van der Waals surface area contributed by atoms with Gasteiger partial charge in [-0.15, -0.1) is 0 Å². The Labute approximate surface area is 129 Å².